The topological polar surface area (TPSA) is 92.8 Å². The number of nitrogens with zero attached hydrogens (tertiary/aromatic N) is 1. The second-order valence-corrected chi connectivity index (χ2v) is 8.57. The third kappa shape index (κ3) is 4.88. The fraction of sp³-hybridized carbons (Fsp3) is 0.360. The molecule has 0 saturated carbocycles. The molecule has 1 atom stereocenters. The van der Waals surface area contributed by atoms with Crippen molar-refractivity contribution < 1.29 is 23.9 Å². The number of anilines is 1. The standard InChI is InChI=1S/C25H28N2O5/c1-15(2)13-21(27-23(29)18-10-5-6-11-19(18)24(27)30)25(31)32-14-22(28)26-20-12-8-7-9-17(20)16(3)4/h5-12,15-16,21H,13-14H2,1-4H3,(H,26,28). The summed E-state index contributed by atoms with van der Waals surface area (Å²) in [7, 11) is 0. The third-order valence-electron chi connectivity index (χ3n) is 5.31. The molecule has 168 valence electrons. The minimum absolute atomic E-state index is 0.0172. The molecule has 3 amide bonds. The van der Waals surface area contributed by atoms with Crippen LogP contribution in [0.4, 0.5) is 5.69 Å². The summed E-state index contributed by atoms with van der Waals surface area (Å²) in [6, 6.07) is 12.8. The first-order chi connectivity index (χ1) is 15.2. The van der Waals surface area contributed by atoms with E-state index in [-0.39, 0.29) is 29.4 Å². The maximum atomic E-state index is 12.9. The minimum Gasteiger partial charge on any atom is -0.454 e. The fourth-order valence-corrected chi connectivity index (χ4v) is 3.78. The van der Waals surface area contributed by atoms with Gasteiger partial charge >= 0.3 is 5.97 Å². The second-order valence-electron chi connectivity index (χ2n) is 8.57. The van der Waals surface area contributed by atoms with Gasteiger partial charge in [0.2, 0.25) is 0 Å². The van der Waals surface area contributed by atoms with Crippen molar-refractivity contribution in [3.05, 3.63) is 65.2 Å². The molecule has 0 saturated heterocycles. The van der Waals surface area contributed by atoms with E-state index in [1.807, 2.05) is 45.9 Å². The highest BCUT2D eigenvalue weighted by Gasteiger charge is 2.43. The lowest BCUT2D eigenvalue weighted by Gasteiger charge is -2.26. The summed E-state index contributed by atoms with van der Waals surface area (Å²) in [5, 5.41) is 2.76. The Bertz CT molecular complexity index is 1010. The first kappa shape index (κ1) is 23.2. The molecule has 0 bridgehead atoms. The van der Waals surface area contributed by atoms with Crippen LogP contribution in [0.15, 0.2) is 48.5 Å². The Labute approximate surface area is 187 Å². The summed E-state index contributed by atoms with van der Waals surface area (Å²) in [4.78, 5) is 51.9. The number of benzene rings is 2. The number of fused-ring (bicyclic) bond motifs is 1. The van der Waals surface area contributed by atoms with Crippen LogP contribution in [0.3, 0.4) is 0 Å². The molecule has 0 aliphatic carbocycles. The van der Waals surface area contributed by atoms with Crippen molar-refractivity contribution in [2.24, 2.45) is 5.92 Å². The van der Waals surface area contributed by atoms with E-state index in [0.29, 0.717) is 5.69 Å². The van der Waals surface area contributed by atoms with Crippen molar-refractivity contribution in [3.63, 3.8) is 0 Å². The van der Waals surface area contributed by atoms with Crippen molar-refractivity contribution in [2.45, 2.75) is 46.1 Å². The smallest absolute Gasteiger partial charge is 0.329 e. The largest absolute Gasteiger partial charge is 0.454 e. The molecule has 0 radical (unpaired) electrons. The second kappa shape index (κ2) is 9.77. The Hall–Kier alpha value is -3.48. The van der Waals surface area contributed by atoms with Gasteiger partial charge < -0.3 is 10.1 Å². The van der Waals surface area contributed by atoms with Crippen LogP contribution < -0.4 is 5.32 Å². The van der Waals surface area contributed by atoms with E-state index in [2.05, 4.69) is 5.32 Å². The quantitative estimate of drug-likeness (QED) is 0.499. The van der Waals surface area contributed by atoms with Crippen LogP contribution >= 0.6 is 0 Å². The maximum Gasteiger partial charge on any atom is 0.329 e. The first-order valence-electron chi connectivity index (χ1n) is 10.7. The fourth-order valence-electron chi connectivity index (χ4n) is 3.78. The van der Waals surface area contributed by atoms with Crippen molar-refractivity contribution in [3.8, 4) is 0 Å². The summed E-state index contributed by atoms with van der Waals surface area (Å²) in [5.41, 5.74) is 2.16. The van der Waals surface area contributed by atoms with E-state index in [9.17, 15) is 19.2 Å². The monoisotopic (exact) mass is 436 g/mol. The van der Waals surface area contributed by atoms with Crippen LogP contribution in [0.25, 0.3) is 0 Å². The highest BCUT2D eigenvalue weighted by Crippen LogP contribution is 2.27. The van der Waals surface area contributed by atoms with Gasteiger partial charge in [-0.1, -0.05) is 58.0 Å². The number of imide groups is 1. The number of carbonyl (C=O) groups excluding carboxylic acids is 4. The molecule has 1 N–H and O–H groups in total. The van der Waals surface area contributed by atoms with Gasteiger partial charge in [-0.2, -0.15) is 0 Å². The predicted molar refractivity (Wildman–Crippen MR) is 120 cm³/mol. The number of carbonyl (C=O) groups is 4. The summed E-state index contributed by atoms with van der Waals surface area (Å²) >= 11 is 0. The third-order valence-corrected chi connectivity index (χ3v) is 5.31. The Morgan fingerprint density at radius 2 is 1.47 bits per heavy atom. The number of hydrogen-bond acceptors (Lipinski definition) is 5. The molecule has 2 aromatic carbocycles. The SMILES string of the molecule is CC(C)CC(C(=O)OCC(=O)Nc1ccccc1C(C)C)N1C(=O)c2ccccc2C1=O. The van der Waals surface area contributed by atoms with Crippen LogP contribution in [-0.4, -0.2) is 41.2 Å². The van der Waals surface area contributed by atoms with Crippen LogP contribution in [0.1, 0.15) is 66.3 Å². The number of para-hydroxylation sites is 1. The summed E-state index contributed by atoms with van der Waals surface area (Å²) in [6.45, 7) is 7.29. The Balaban J connectivity index is 1.71. The molecular formula is C25H28N2O5. The van der Waals surface area contributed by atoms with E-state index in [1.54, 1.807) is 30.3 Å². The zero-order valence-electron chi connectivity index (χ0n) is 18.8. The summed E-state index contributed by atoms with van der Waals surface area (Å²) in [6.07, 6.45) is 0.238. The highest BCUT2D eigenvalue weighted by atomic mass is 16.5. The van der Waals surface area contributed by atoms with Crippen molar-refractivity contribution in [1.29, 1.82) is 0 Å². The molecule has 7 nitrogen and oxygen atoms in total. The number of hydrogen-bond donors (Lipinski definition) is 1. The number of esters is 1. The zero-order chi connectivity index (χ0) is 23.4. The van der Waals surface area contributed by atoms with Crippen LogP contribution in [0, 0.1) is 5.92 Å². The normalized spacial score (nSPS) is 14.0. The lowest BCUT2D eigenvalue weighted by atomic mass is 10.0. The average molecular weight is 437 g/mol. The van der Waals surface area contributed by atoms with E-state index < -0.39 is 36.3 Å². The highest BCUT2D eigenvalue weighted by molar-refractivity contribution is 6.22. The van der Waals surface area contributed by atoms with Gasteiger partial charge in [0.1, 0.15) is 6.04 Å². The van der Waals surface area contributed by atoms with Crippen LogP contribution in [0.2, 0.25) is 0 Å². The molecule has 1 aliphatic heterocycles. The van der Waals surface area contributed by atoms with Gasteiger partial charge in [0.05, 0.1) is 11.1 Å². The summed E-state index contributed by atoms with van der Waals surface area (Å²) in [5.74, 6) is -2.09. The van der Waals surface area contributed by atoms with Crippen molar-refractivity contribution in [1.82, 2.24) is 4.90 Å². The average Bonchev–Trinajstić information content (AvgIpc) is 3.01. The summed E-state index contributed by atoms with van der Waals surface area (Å²) < 4.78 is 5.25. The minimum atomic E-state index is -1.10. The van der Waals surface area contributed by atoms with E-state index >= 15 is 0 Å². The molecule has 2 aromatic rings. The van der Waals surface area contributed by atoms with Crippen molar-refractivity contribution in [2.75, 3.05) is 11.9 Å². The Morgan fingerprint density at radius 3 is 2.03 bits per heavy atom. The molecule has 1 heterocycles. The molecule has 7 heteroatoms. The number of nitrogens with one attached hydrogen (secondary N) is 1. The molecule has 1 aliphatic rings. The predicted octanol–water partition coefficient (Wildman–Crippen LogP) is 4.00. The van der Waals surface area contributed by atoms with E-state index in [0.717, 1.165) is 10.5 Å². The Morgan fingerprint density at radius 1 is 0.906 bits per heavy atom. The van der Waals surface area contributed by atoms with Gasteiger partial charge in [-0.25, -0.2) is 4.79 Å². The molecule has 1 unspecified atom stereocenters. The molecule has 0 aromatic heterocycles. The van der Waals surface area contributed by atoms with Crippen LogP contribution in [0.5, 0.6) is 0 Å². The van der Waals surface area contributed by atoms with Gasteiger partial charge in [0.15, 0.2) is 6.61 Å². The van der Waals surface area contributed by atoms with Gasteiger partial charge in [-0.05, 0) is 42.0 Å². The van der Waals surface area contributed by atoms with Gasteiger partial charge in [0.25, 0.3) is 17.7 Å². The maximum absolute atomic E-state index is 12.9. The number of rotatable bonds is 8. The zero-order valence-corrected chi connectivity index (χ0v) is 18.8. The molecule has 0 spiro atoms. The Kier molecular flexibility index (Phi) is 7.08. The van der Waals surface area contributed by atoms with Gasteiger partial charge in [0, 0.05) is 5.69 Å². The van der Waals surface area contributed by atoms with E-state index in [1.165, 1.54) is 0 Å². The van der Waals surface area contributed by atoms with E-state index in [4.69, 9.17) is 4.74 Å². The van der Waals surface area contributed by atoms with Crippen LogP contribution in [-0.2, 0) is 14.3 Å². The first-order valence-corrected chi connectivity index (χ1v) is 10.7. The lowest BCUT2D eigenvalue weighted by Crippen LogP contribution is -2.46. The number of amides is 3. The van der Waals surface area contributed by atoms with Gasteiger partial charge in [-0.15, -0.1) is 0 Å². The molecular weight excluding hydrogens is 408 g/mol. The lowest BCUT2D eigenvalue weighted by molar-refractivity contribution is -0.151. The number of ether oxygens (including phenoxy) is 1. The molecule has 3 rings (SSSR count). The van der Waals surface area contributed by atoms with Crippen molar-refractivity contribution >= 4 is 29.4 Å². The molecule has 32 heavy (non-hydrogen) atoms. The van der Waals surface area contributed by atoms with Gasteiger partial charge in [-0.3, -0.25) is 19.3 Å². The molecule has 0 fully saturated rings.